The fraction of sp³-hybridized carbons (Fsp3) is 0.450. The SMILES string of the molecule is C=Cc1ccc(OC2OC(COC(C)=O)C(O)C(OC(C)=O)C2OC(C)=O)cc1. The van der Waals surface area contributed by atoms with E-state index in [4.69, 9.17) is 23.7 Å². The molecule has 1 aromatic carbocycles. The maximum Gasteiger partial charge on any atom is 0.303 e. The summed E-state index contributed by atoms with van der Waals surface area (Å²) in [7, 11) is 0. The topological polar surface area (TPSA) is 118 Å². The van der Waals surface area contributed by atoms with Crippen molar-refractivity contribution in [3.05, 3.63) is 36.4 Å². The molecule has 0 radical (unpaired) electrons. The molecule has 1 N–H and O–H groups in total. The van der Waals surface area contributed by atoms with E-state index in [9.17, 15) is 19.5 Å². The molecule has 0 aromatic heterocycles. The van der Waals surface area contributed by atoms with Crippen LogP contribution in [0.15, 0.2) is 30.8 Å². The number of carbonyl (C=O) groups excluding carboxylic acids is 3. The highest BCUT2D eigenvalue weighted by Gasteiger charge is 2.51. The third kappa shape index (κ3) is 6.30. The third-order valence-corrected chi connectivity index (χ3v) is 4.04. The summed E-state index contributed by atoms with van der Waals surface area (Å²) >= 11 is 0. The minimum atomic E-state index is -1.43. The van der Waals surface area contributed by atoms with E-state index in [-0.39, 0.29) is 6.61 Å². The van der Waals surface area contributed by atoms with E-state index >= 15 is 0 Å². The van der Waals surface area contributed by atoms with Gasteiger partial charge in [0, 0.05) is 20.8 Å². The summed E-state index contributed by atoms with van der Waals surface area (Å²) in [4.78, 5) is 34.3. The van der Waals surface area contributed by atoms with Crippen molar-refractivity contribution in [1.29, 1.82) is 0 Å². The molecule has 1 aliphatic rings. The molecule has 0 saturated carbocycles. The first kappa shape index (κ1) is 22.4. The number of hydrogen-bond acceptors (Lipinski definition) is 9. The van der Waals surface area contributed by atoms with E-state index in [1.807, 2.05) is 0 Å². The summed E-state index contributed by atoms with van der Waals surface area (Å²) in [5, 5.41) is 10.6. The van der Waals surface area contributed by atoms with Gasteiger partial charge in [0.1, 0.15) is 24.6 Å². The largest absolute Gasteiger partial charge is 0.463 e. The van der Waals surface area contributed by atoms with Crippen LogP contribution in [0.3, 0.4) is 0 Å². The summed E-state index contributed by atoms with van der Waals surface area (Å²) in [6.45, 7) is 6.88. The third-order valence-electron chi connectivity index (χ3n) is 4.04. The van der Waals surface area contributed by atoms with Gasteiger partial charge in [-0.05, 0) is 17.7 Å². The Morgan fingerprint density at radius 3 is 2.14 bits per heavy atom. The molecule has 0 bridgehead atoms. The van der Waals surface area contributed by atoms with Gasteiger partial charge < -0.3 is 28.8 Å². The van der Waals surface area contributed by atoms with Crippen LogP contribution in [0.4, 0.5) is 0 Å². The zero-order valence-electron chi connectivity index (χ0n) is 16.4. The van der Waals surface area contributed by atoms with Crippen molar-refractivity contribution < 1.29 is 43.2 Å². The van der Waals surface area contributed by atoms with Gasteiger partial charge in [-0.2, -0.15) is 0 Å². The van der Waals surface area contributed by atoms with Crippen LogP contribution in [0.2, 0.25) is 0 Å². The van der Waals surface area contributed by atoms with E-state index in [0.717, 1.165) is 19.4 Å². The molecule has 1 fully saturated rings. The van der Waals surface area contributed by atoms with Gasteiger partial charge in [-0.3, -0.25) is 14.4 Å². The van der Waals surface area contributed by atoms with Crippen molar-refractivity contribution >= 4 is 24.0 Å². The average Bonchev–Trinajstić information content (AvgIpc) is 2.65. The van der Waals surface area contributed by atoms with Crippen molar-refractivity contribution in [3.63, 3.8) is 0 Å². The van der Waals surface area contributed by atoms with Gasteiger partial charge in [0.15, 0.2) is 6.10 Å². The van der Waals surface area contributed by atoms with Crippen molar-refractivity contribution in [2.75, 3.05) is 6.61 Å². The Bertz CT molecular complexity index is 743. The Kier molecular flexibility index (Phi) is 7.74. The van der Waals surface area contributed by atoms with Crippen LogP contribution in [0.25, 0.3) is 6.08 Å². The highest BCUT2D eigenvalue weighted by Crippen LogP contribution is 2.29. The van der Waals surface area contributed by atoms with Crippen LogP contribution >= 0.6 is 0 Å². The Hall–Kier alpha value is -2.91. The normalized spacial score (nSPS) is 26.1. The Morgan fingerprint density at radius 2 is 1.62 bits per heavy atom. The lowest BCUT2D eigenvalue weighted by Crippen LogP contribution is -2.62. The van der Waals surface area contributed by atoms with E-state index in [1.165, 1.54) is 6.92 Å². The van der Waals surface area contributed by atoms with Crippen molar-refractivity contribution in [3.8, 4) is 5.75 Å². The average molecular weight is 408 g/mol. The maximum atomic E-state index is 11.6. The molecule has 0 spiro atoms. The van der Waals surface area contributed by atoms with Gasteiger partial charge in [0.05, 0.1) is 0 Å². The summed E-state index contributed by atoms with van der Waals surface area (Å²) in [5.74, 6) is -1.59. The van der Waals surface area contributed by atoms with Gasteiger partial charge in [0.2, 0.25) is 12.4 Å². The van der Waals surface area contributed by atoms with Crippen LogP contribution in [0.5, 0.6) is 5.75 Å². The van der Waals surface area contributed by atoms with Gasteiger partial charge in [-0.1, -0.05) is 24.8 Å². The number of ether oxygens (including phenoxy) is 5. The van der Waals surface area contributed by atoms with Gasteiger partial charge >= 0.3 is 17.9 Å². The minimum Gasteiger partial charge on any atom is -0.463 e. The van der Waals surface area contributed by atoms with Crippen molar-refractivity contribution in [2.45, 2.75) is 51.5 Å². The number of aliphatic hydroxyl groups excluding tert-OH is 1. The molecule has 0 amide bonds. The lowest BCUT2D eigenvalue weighted by molar-refractivity contribution is -0.285. The summed E-state index contributed by atoms with van der Waals surface area (Å²) < 4.78 is 26.8. The molecule has 158 valence electrons. The van der Waals surface area contributed by atoms with Crippen LogP contribution in [0, 0.1) is 0 Å². The van der Waals surface area contributed by atoms with Gasteiger partial charge in [-0.15, -0.1) is 0 Å². The molecule has 0 aliphatic carbocycles. The second-order valence-corrected chi connectivity index (χ2v) is 6.38. The lowest BCUT2D eigenvalue weighted by Gasteiger charge is -2.42. The standard InChI is InChI=1S/C20H24O9/c1-5-14-6-8-15(9-7-14)28-20-19(27-13(4)23)18(26-12(3)22)17(24)16(29-20)10-25-11(2)21/h5-9,16-20,24H,1,10H2,2-4H3. The van der Waals surface area contributed by atoms with Gasteiger partial charge in [-0.25, -0.2) is 0 Å². The highest BCUT2D eigenvalue weighted by atomic mass is 16.7. The molecule has 9 heteroatoms. The van der Waals surface area contributed by atoms with Gasteiger partial charge in [0.25, 0.3) is 0 Å². The Morgan fingerprint density at radius 1 is 1.03 bits per heavy atom. The monoisotopic (exact) mass is 408 g/mol. The minimum absolute atomic E-state index is 0.309. The zero-order valence-corrected chi connectivity index (χ0v) is 16.4. The number of esters is 3. The molecule has 5 atom stereocenters. The first-order chi connectivity index (χ1) is 13.7. The lowest BCUT2D eigenvalue weighted by atomic mass is 9.98. The van der Waals surface area contributed by atoms with E-state index < -0.39 is 48.6 Å². The number of rotatable bonds is 7. The number of benzene rings is 1. The highest BCUT2D eigenvalue weighted by molar-refractivity contribution is 5.67. The van der Waals surface area contributed by atoms with E-state index in [0.29, 0.717) is 5.75 Å². The molecule has 2 rings (SSSR count). The maximum absolute atomic E-state index is 11.6. The smallest absolute Gasteiger partial charge is 0.303 e. The molecule has 1 aromatic rings. The molecular formula is C20H24O9. The molecule has 29 heavy (non-hydrogen) atoms. The van der Waals surface area contributed by atoms with Crippen LogP contribution in [-0.2, 0) is 33.3 Å². The summed E-state index contributed by atoms with van der Waals surface area (Å²) in [6, 6.07) is 6.80. The van der Waals surface area contributed by atoms with Crippen molar-refractivity contribution in [2.24, 2.45) is 0 Å². The predicted octanol–water partition coefficient (Wildman–Crippen LogP) is 1.22. The number of carbonyl (C=O) groups is 3. The Balaban J connectivity index is 2.31. The molecule has 5 unspecified atom stereocenters. The fourth-order valence-corrected chi connectivity index (χ4v) is 2.78. The van der Waals surface area contributed by atoms with Crippen molar-refractivity contribution in [1.82, 2.24) is 0 Å². The quantitative estimate of drug-likeness (QED) is 0.525. The second kappa shape index (κ2) is 10.0. The van der Waals surface area contributed by atoms with Crippen LogP contribution in [-0.4, -0.2) is 60.3 Å². The fourth-order valence-electron chi connectivity index (χ4n) is 2.78. The van der Waals surface area contributed by atoms with E-state index in [1.54, 1.807) is 30.3 Å². The molecule has 9 nitrogen and oxygen atoms in total. The first-order valence-corrected chi connectivity index (χ1v) is 8.91. The summed E-state index contributed by atoms with van der Waals surface area (Å²) in [6.07, 6.45) is -4.62. The van der Waals surface area contributed by atoms with Crippen LogP contribution in [0.1, 0.15) is 26.3 Å². The predicted molar refractivity (Wildman–Crippen MR) is 99.6 cm³/mol. The molecule has 1 saturated heterocycles. The molecular weight excluding hydrogens is 384 g/mol. The Labute approximate surface area is 168 Å². The number of aliphatic hydroxyl groups is 1. The second-order valence-electron chi connectivity index (χ2n) is 6.38. The first-order valence-electron chi connectivity index (χ1n) is 8.91. The molecule has 1 aliphatic heterocycles. The summed E-state index contributed by atoms with van der Waals surface area (Å²) in [5.41, 5.74) is 0.861. The van der Waals surface area contributed by atoms with E-state index in [2.05, 4.69) is 6.58 Å². The van der Waals surface area contributed by atoms with Crippen LogP contribution < -0.4 is 4.74 Å². The molecule has 1 heterocycles. The number of hydrogen-bond donors (Lipinski definition) is 1. The zero-order chi connectivity index (χ0) is 21.6.